The molecule has 154 valence electrons. The second-order valence-corrected chi connectivity index (χ2v) is 7.63. The number of carbonyl (C=O) groups is 1. The summed E-state index contributed by atoms with van der Waals surface area (Å²) in [6, 6.07) is 15.1. The van der Waals surface area contributed by atoms with Crippen molar-refractivity contribution in [3.05, 3.63) is 76.8 Å². The van der Waals surface area contributed by atoms with Gasteiger partial charge >= 0.3 is 0 Å². The Hall–Kier alpha value is -3.48. The molecule has 1 saturated heterocycles. The maximum Gasteiger partial charge on any atom is 0.255 e. The summed E-state index contributed by atoms with van der Waals surface area (Å²) in [5.41, 5.74) is 2.38. The van der Waals surface area contributed by atoms with Gasteiger partial charge in [0, 0.05) is 51.2 Å². The van der Waals surface area contributed by atoms with Crippen LogP contribution in [0.3, 0.4) is 0 Å². The number of aromatic nitrogens is 3. The van der Waals surface area contributed by atoms with E-state index in [1.165, 1.54) is 6.07 Å². The van der Waals surface area contributed by atoms with Crippen LogP contribution in [-0.4, -0.2) is 51.5 Å². The van der Waals surface area contributed by atoms with E-state index in [0.29, 0.717) is 31.2 Å². The lowest BCUT2D eigenvalue weighted by atomic mass is 10.1. The molecule has 0 saturated carbocycles. The van der Waals surface area contributed by atoms with Crippen LogP contribution in [0.1, 0.15) is 12.0 Å². The molecule has 0 N–H and O–H groups in total. The molecule has 4 rings (SSSR count). The highest BCUT2D eigenvalue weighted by Crippen LogP contribution is 2.22. The predicted molar refractivity (Wildman–Crippen MR) is 116 cm³/mol. The molecule has 1 amide bonds. The Morgan fingerprint density at radius 2 is 1.90 bits per heavy atom. The van der Waals surface area contributed by atoms with Gasteiger partial charge in [-0.25, -0.2) is 4.98 Å². The maximum atomic E-state index is 12.7. The molecule has 1 unspecified atom stereocenters. The third-order valence-corrected chi connectivity index (χ3v) is 5.66. The van der Waals surface area contributed by atoms with E-state index in [4.69, 9.17) is 4.98 Å². The van der Waals surface area contributed by atoms with Gasteiger partial charge in [0.25, 0.3) is 5.56 Å². The average molecular weight is 403 g/mol. The summed E-state index contributed by atoms with van der Waals surface area (Å²) in [6.45, 7) is 1.33. The normalized spacial score (nSPS) is 15.9. The molecule has 1 aliphatic rings. The van der Waals surface area contributed by atoms with E-state index in [2.05, 4.69) is 4.98 Å². The van der Waals surface area contributed by atoms with E-state index in [9.17, 15) is 9.59 Å². The summed E-state index contributed by atoms with van der Waals surface area (Å²) in [6.07, 6.45) is 4.62. The fourth-order valence-corrected chi connectivity index (χ4v) is 3.84. The average Bonchev–Trinajstić information content (AvgIpc) is 3.27. The lowest BCUT2D eigenvalue weighted by Gasteiger charge is -2.27. The van der Waals surface area contributed by atoms with Gasteiger partial charge in [-0.2, -0.15) is 0 Å². The molecule has 0 aliphatic carbocycles. The molecule has 1 aliphatic heterocycles. The van der Waals surface area contributed by atoms with Crippen molar-refractivity contribution in [2.45, 2.75) is 18.9 Å². The van der Waals surface area contributed by atoms with Gasteiger partial charge in [0.05, 0.1) is 18.2 Å². The molecule has 30 heavy (non-hydrogen) atoms. The van der Waals surface area contributed by atoms with E-state index in [-0.39, 0.29) is 17.5 Å². The zero-order valence-corrected chi connectivity index (χ0v) is 17.2. The molecule has 1 atom stereocenters. The number of hydrogen-bond donors (Lipinski definition) is 0. The first-order valence-corrected chi connectivity index (χ1v) is 10.1. The first kappa shape index (κ1) is 19.8. The molecular weight excluding hydrogens is 378 g/mol. The number of rotatable bonds is 5. The monoisotopic (exact) mass is 403 g/mol. The summed E-state index contributed by atoms with van der Waals surface area (Å²) in [5.74, 6) is 0.723. The predicted octanol–water partition coefficient (Wildman–Crippen LogP) is 2.12. The van der Waals surface area contributed by atoms with E-state index < -0.39 is 0 Å². The number of nitrogens with zero attached hydrogens (tertiary/aromatic N) is 5. The Labute approximate surface area is 175 Å². The van der Waals surface area contributed by atoms with E-state index in [1.54, 1.807) is 24.0 Å². The van der Waals surface area contributed by atoms with E-state index in [1.807, 2.05) is 59.3 Å². The van der Waals surface area contributed by atoms with Crippen LogP contribution in [0.15, 0.2) is 65.7 Å². The van der Waals surface area contributed by atoms with Crippen LogP contribution in [0, 0.1) is 0 Å². The molecule has 3 heterocycles. The topological polar surface area (TPSA) is 71.3 Å². The van der Waals surface area contributed by atoms with E-state index in [0.717, 1.165) is 17.5 Å². The first-order valence-electron chi connectivity index (χ1n) is 10.1. The van der Waals surface area contributed by atoms with Crippen molar-refractivity contribution in [1.82, 2.24) is 19.4 Å². The molecule has 0 bridgehead atoms. The van der Waals surface area contributed by atoms with Gasteiger partial charge in [-0.15, -0.1) is 0 Å². The van der Waals surface area contributed by atoms with Crippen molar-refractivity contribution >= 4 is 11.9 Å². The van der Waals surface area contributed by atoms with Gasteiger partial charge in [0.2, 0.25) is 11.9 Å². The van der Waals surface area contributed by atoms with Gasteiger partial charge in [-0.05, 0) is 24.1 Å². The minimum absolute atomic E-state index is 0.107. The van der Waals surface area contributed by atoms with Gasteiger partial charge in [0.1, 0.15) is 0 Å². The number of anilines is 1. The van der Waals surface area contributed by atoms with Crippen molar-refractivity contribution in [2.75, 3.05) is 25.0 Å². The summed E-state index contributed by atoms with van der Waals surface area (Å²) < 4.78 is 1.55. The summed E-state index contributed by atoms with van der Waals surface area (Å²) in [5, 5.41) is 0. The molecule has 1 fully saturated rings. The number of likely N-dealkylation sites (N-methyl/N-ethyl adjacent to an activating group) is 1. The van der Waals surface area contributed by atoms with Crippen LogP contribution < -0.4 is 10.5 Å². The largest absolute Gasteiger partial charge is 0.340 e. The Balaban J connectivity index is 1.51. The smallest absolute Gasteiger partial charge is 0.255 e. The number of benzene rings is 1. The van der Waals surface area contributed by atoms with Crippen LogP contribution in [-0.2, 0) is 18.3 Å². The number of carbonyl (C=O) groups excluding carboxylic acids is 1. The lowest BCUT2D eigenvalue weighted by Crippen LogP contribution is -2.40. The highest BCUT2D eigenvalue weighted by molar-refractivity contribution is 5.79. The number of amides is 1. The Kier molecular flexibility index (Phi) is 5.61. The highest BCUT2D eigenvalue weighted by atomic mass is 16.2. The third-order valence-electron chi connectivity index (χ3n) is 5.66. The highest BCUT2D eigenvalue weighted by Gasteiger charge is 2.30. The Morgan fingerprint density at radius 1 is 1.17 bits per heavy atom. The van der Waals surface area contributed by atoms with Gasteiger partial charge in [0.15, 0.2) is 0 Å². The first-order chi connectivity index (χ1) is 14.5. The molecule has 7 heteroatoms. The Bertz CT molecular complexity index is 1080. The van der Waals surface area contributed by atoms with Crippen LogP contribution in [0.5, 0.6) is 0 Å². The zero-order chi connectivity index (χ0) is 21.1. The van der Waals surface area contributed by atoms with Crippen LogP contribution in [0.25, 0.3) is 11.3 Å². The fraction of sp³-hybridized carbons (Fsp3) is 0.304. The van der Waals surface area contributed by atoms with Crippen molar-refractivity contribution < 1.29 is 4.79 Å². The second-order valence-electron chi connectivity index (χ2n) is 7.63. The molecule has 2 aromatic heterocycles. The molecular formula is C23H25N5O2. The quantitative estimate of drug-likeness (QED) is 0.653. The second kappa shape index (κ2) is 8.49. The summed E-state index contributed by atoms with van der Waals surface area (Å²) in [7, 11) is 3.67. The minimum Gasteiger partial charge on any atom is -0.340 e. The van der Waals surface area contributed by atoms with Gasteiger partial charge < -0.3 is 9.80 Å². The van der Waals surface area contributed by atoms with Crippen LogP contribution in [0.2, 0.25) is 0 Å². The number of likely N-dealkylation sites (tertiary alicyclic amines) is 1. The molecule has 0 radical (unpaired) electrons. The van der Waals surface area contributed by atoms with Crippen LogP contribution >= 0.6 is 0 Å². The number of hydrogen-bond acceptors (Lipinski definition) is 5. The zero-order valence-electron chi connectivity index (χ0n) is 17.2. The van der Waals surface area contributed by atoms with Crippen molar-refractivity contribution in [1.29, 1.82) is 0 Å². The molecule has 3 aromatic rings. The van der Waals surface area contributed by atoms with Crippen molar-refractivity contribution in [2.24, 2.45) is 7.05 Å². The summed E-state index contributed by atoms with van der Waals surface area (Å²) in [4.78, 5) is 37.9. The molecule has 0 spiro atoms. The van der Waals surface area contributed by atoms with E-state index >= 15 is 0 Å². The SMILES string of the molecule is CN(c1nc(-c2ccncc2)cc(=O)n1C)C1CCN(C(=O)Cc2ccccc2)C1. The Morgan fingerprint density at radius 3 is 2.63 bits per heavy atom. The van der Waals surface area contributed by atoms with Gasteiger partial charge in [-0.1, -0.05) is 30.3 Å². The summed E-state index contributed by atoms with van der Waals surface area (Å²) >= 11 is 0. The standard InChI is InChI=1S/C23H25N5O2/c1-26(19-10-13-28(16-19)22(30)14-17-6-4-3-5-7-17)23-25-20(15-21(29)27(23)2)18-8-11-24-12-9-18/h3-9,11-12,15,19H,10,13-14,16H2,1-2H3. The maximum absolute atomic E-state index is 12.7. The number of pyridine rings is 1. The molecule has 1 aromatic carbocycles. The minimum atomic E-state index is -0.117. The van der Waals surface area contributed by atoms with Crippen molar-refractivity contribution in [3.8, 4) is 11.3 Å². The fourth-order valence-electron chi connectivity index (χ4n) is 3.84. The lowest BCUT2D eigenvalue weighted by molar-refractivity contribution is -0.129. The van der Waals surface area contributed by atoms with Crippen molar-refractivity contribution in [3.63, 3.8) is 0 Å². The van der Waals surface area contributed by atoms with Crippen LogP contribution in [0.4, 0.5) is 5.95 Å². The molecule has 7 nitrogen and oxygen atoms in total. The third kappa shape index (κ3) is 4.10. The van der Waals surface area contributed by atoms with Gasteiger partial charge in [-0.3, -0.25) is 19.1 Å².